The zero-order valence-electron chi connectivity index (χ0n) is 12.1. The van der Waals surface area contributed by atoms with Gasteiger partial charge >= 0.3 is 0 Å². The number of halogens is 1. The van der Waals surface area contributed by atoms with Crippen LogP contribution >= 0.6 is 11.6 Å². The summed E-state index contributed by atoms with van der Waals surface area (Å²) in [6.45, 7) is 5.66. The van der Waals surface area contributed by atoms with Gasteiger partial charge in [0.25, 0.3) is 0 Å². The van der Waals surface area contributed by atoms with Gasteiger partial charge in [-0.15, -0.1) is 0 Å². The molecule has 3 heteroatoms. The number of hydrogen-bond donors (Lipinski definition) is 1. The van der Waals surface area contributed by atoms with Gasteiger partial charge < -0.3 is 10.1 Å². The summed E-state index contributed by atoms with van der Waals surface area (Å²) in [6.07, 6.45) is 3.63. The molecular formula is C16H24ClNO. The Morgan fingerprint density at radius 1 is 1.37 bits per heavy atom. The lowest BCUT2D eigenvalue weighted by atomic mass is 9.88. The summed E-state index contributed by atoms with van der Waals surface area (Å²) >= 11 is 6.15. The minimum absolute atomic E-state index is 0.544. The van der Waals surface area contributed by atoms with Crippen molar-refractivity contribution in [3.05, 3.63) is 28.8 Å². The van der Waals surface area contributed by atoms with E-state index >= 15 is 0 Å². The highest BCUT2D eigenvalue weighted by Gasteiger charge is 2.34. The summed E-state index contributed by atoms with van der Waals surface area (Å²) in [7, 11) is 1.74. The van der Waals surface area contributed by atoms with Crippen molar-refractivity contribution in [3.8, 4) is 5.75 Å². The van der Waals surface area contributed by atoms with Gasteiger partial charge in [-0.2, -0.15) is 0 Å². The Hall–Kier alpha value is -0.730. The molecule has 1 aliphatic rings. The number of rotatable bonds is 5. The molecule has 0 heterocycles. The molecule has 3 unspecified atom stereocenters. The van der Waals surface area contributed by atoms with Crippen molar-refractivity contribution >= 4 is 11.6 Å². The van der Waals surface area contributed by atoms with Crippen LogP contribution < -0.4 is 10.1 Å². The Kier molecular flexibility index (Phi) is 5.12. The summed E-state index contributed by atoms with van der Waals surface area (Å²) in [6, 6.07) is 6.57. The fraction of sp³-hybridized carbons (Fsp3) is 0.625. The summed E-state index contributed by atoms with van der Waals surface area (Å²) in [5, 5.41) is 4.46. The fourth-order valence-corrected chi connectivity index (χ4v) is 3.40. The number of ether oxygens (including phenoxy) is 1. The van der Waals surface area contributed by atoms with Crippen molar-refractivity contribution < 1.29 is 4.74 Å². The predicted molar refractivity (Wildman–Crippen MR) is 81.2 cm³/mol. The van der Waals surface area contributed by atoms with Crippen LogP contribution in [0.25, 0.3) is 0 Å². The topological polar surface area (TPSA) is 21.3 Å². The van der Waals surface area contributed by atoms with E-state index in [1.54, 1.807) is 7.11 Å². The molecule has 0 aliphatic heterocycles. The lowest BCUT2D eigenvalue weighted by Crippen LogP contribution is -2.32. The Morgan fingerprint density at radius 3 is 2.84 bits per heavy atom. The molecule has 0 spiro atoms. The van der Waals surface area contributed by atoms with Crippen molar-refractivity contribution in [1.82, 2.24) is 5.32 Å². The van der Waals surface area contributed by atoms with E-state index in [4.69, 9.17) is 16.3 Å². The maximum Gasteiger partial charge on any atom is 0.122 e. The summed E-state index contributed by atoms with van der Waals surface area (Å²) in [5.41, 5.74) is 1.27. The maximum atomic E-state index is 6.15. The lowest BCUT2D eigenvalue weighted by molar-refractivity contribution is 0.380. The monoisotopic (exact) mass is 281 g/mol. The first-order valence-corrected chi connectivity index (χ1v) is 7.62. The largest absolute Gasteiger partial charge is 0.496 e. The van der Waals surface area contributed by atoms with Crippen LogP contribution in [0.1, 0.15) is 44.6 Å². The molecule has 106 valence electrons. The quantitative estimate of drug-likeness (QED) is 0.872. The van der Waals surface area contributed by atoms with Gasteiger partial charge in [0.15, 0.2) is 0 Å². The summed E-state index contributed by atoms with van der Waals surface area (Å²) in [5.74, 6) is 2.14. The fourth-order valence-electron chi connectivity index (χ4n) is 3.22. The third kappa shape index (κ3) is 3.24. The zero-order valence-corrected chi connectivity index (χ0v) is 12.8. The minimum Gasteiger partial charge on any atom is -0.496 e. The molecule has 1 saturated carbocycles. The van der Waals surface area contributed by atoms with Gasteiger partial charge in [-0.1, -0.05) is 25.4 Å². The first kappa shape index (κ1) is 14.7. The molecule has 3 atom stereocenters. The van der Waals surface area contributed by atoms with Crippen molar-refractivity contribution in [2.45, 2.75) is 45.1 Å². The SMILES string of the molecule is CCCNC1CCC(c2cc(Cl)ccc2OC)C1C. The maximum absolute atomic E-state index is 6.15. The Labute approximate surface area is 121 Å². The second kappa shape index (κ2) is 6.62. The molecule has 0 radical (unpaired) electrons. The first-order chi connectivity index (χ1) is 9.17. The molecule has 0 aromatic heterocycles. The second-order valence-electron chi connectivity index (χ2n) is 5.49. The summed E-state index contributed by atoms with van der Waals surface area (Å²) in [4.78, 5) is 0. The van der Waals surface area contributed by atoms with E-state index in [9.17, 15) is 0 Å². The molecule has 1 aromatic carbocycles. The molecule has 1 N–H and O–H groups in total. The van der Waals surface area contributed by atoms with Gasteiger partial charge in [0, 0.05) is 11.1 Å². The molecule has 1 aliphatic carbocycles. The normalized spacial score (nSPS) is 26.6. The van der Waals surface area contributed by atoms with Crippen LogP contribution in [0.2, 0.25) is 5.02 Å². The van der Waals surface area contributed by atoms with E-state index in [0.29, 0.717) is 17.9 Å². The first-order valence-electron chi connectivity index (χ1n) is 7.24. The van der Waals surface area contributed by atoms with Crippen LogP contribution in [0.3, 0.4) is 0 Å². The van der Waals surface area contributed by atoms with Crippen LogP contribution in [0.5, 0.6) is 5.75 Å². The highest BCUT2D eigenvalue weighted by molar-refractivity contribution is 6.30. The van der Waals surface area contributed by atoms with Crippen LogP contribution in [-0.4, -0.2) is 19.7 Å². The van der Waals surface area contributed by atoms with Crippen LogP contribution in [0.15, 0.2) is 18.2 Å². The van der Waals surface area contributed by atoms with Gasteiger partial charge in [0.1, 0.15) is 5.75 Å². The van der Waals surface area contributed by atoms with Gasteiger partial charge in [0.2, 0.25) is 0 Å². The van der Waals surface area contributed by atoms with E-state index in [0.717, 1.165) is 17.3 Å². The van der Waals surface area contributed by atoms with Crippen molar-refractivity contribution in [3.63, 3.8) is 0 Å². The number of benzene rings is 1. The third-order valence-corrected chi connectivity index (χ3v) is 4.54. The Bertz CT molecular complexity index is 421. The molecule has 2 rings (SSSR count). The average molecular weight is 282 g/mol. The van der Waals surface area contributed by atoms with Gasteiger partial charge in [0.05, 0.1) is 7.11 Å². The second-order valence-corrected chi connectivity index (χ2v) is 5.93. The van der Waals surface area contributed by atoms with E-state index < -0.39 is 0 Å². The Morgan fingerprint density at radius 2 is 2.16 bits per heavy atom. The van der Waals surface area contributed by atoms with Gasteiger partial charge in [-0.05, 0) is 61.4 Å². The molecule has 0 amide bonds. The van der Waals surface area contributed by atoms with Gasteiger partial charge in [-0.3, -0.25) is 0 Å². The molecule has 0 saturated heterocycles. The molecule has 1 fully saturated rings. The molecule has 2 nitrogen and oxygen atoms in total. The highest BCUT2D eigenvalue weighted by atomic mass is 35.5. The smallest absolute Gasteiger partial charge is 0.122 e. The molecule has 19 heavy (non-hydrogen) atoms. The van der Waals surface area contributed by atoms with Gasteiger partial charge in [-0.25, -0.2) is 0 Å². The van der Waals surface area contributed by atoms with E-state index in [2.05, 4.69) is 25.2 Å². The molecule has 0 bridgehead atoms. The van der Waals surface area contributed by atoms with Crippen molar-refractivity contribution in [2.24, 2.45) is 5.92 Å². The molecule has 1 aromatic rings. The molecular weight excluding hydrogens is 258 g/mol. The number of methoxy groups -OCH3 is 1. The minimum atomic E-state index is 0.544. The van der Waals surface area contributed by atoms with Crippen molar-refractivity contribution in [1.29, 1.82) is 0 Å². The average Bonchev–Trinajstić information content (AvgIpc) is 2.77. The lowest BCUT2D eigenvalue weighted by Gasteiger charge is -2.23. The highest BCUT2D eigenvalue weighted by Crippen LogP contribution is 2.43. The van der Waals surface area contributed by atoms with Crippen molar-refractivity contribution in [2.75, 3.05) is 13.7 Å². The van der Waals surface area contributed by atoms with E-state index in [1.807, 2.05) is 12.1 Å². The standard InChI is InChI=1S/C16H24ClNO/c1-4-9-18-15-7-6-13(11(15)2)14-10-12(17)5-8-16(14)19-3/h5,8,10-11,13,15,18H,4,6-7,9H2,1-3H3. The number of hydrogen-bond acceptors (Lipinski definition) is 2. The predicted octanol–water partition coefficient (Wildman–Crippen LogP) is 4.23. The Balaban J connectivity index is 2.16. The summed E-state index contributed by atoms with van der Waals surface area (Å²) < 4.78 is 5.50. The number of nitrogens with one attached hydrogen (secondary N) is 1. The van der Waals surface area contributed by atoms with Crippen LogP contribution in [0, 0.1) is 5.92 Å². The van der Waals surface area contributed by atoms with E-state index in [-0.39, 0.29) is 0 Å². The van der Waals surface area contributed by atoms with E-state index in [1.165, 1.54) is 24.8 Å². The third-order valence-electron chi connectivity index (χ3n) is 4.31. The van der Waals surface area contributed by atoms with Crippen LogP contribution in [-0.2, 0) is 0 Å². The zero-order chi connectivity index (χ0) is 13.8. The van der Waals surface area contributed by atoms with Crippen LogP contribution in [0.4, 0.5) is 0 Å².